The van der Waals surface area contributed by atoms with Crippen LogP contribution in [0.25, 0.3) is 10.6 Å². The average Bonchev–Trinajstić information content (AvgIpc) is 3.17. The molecule has 3 rings (SSSR count). The summed E-state index contributed by atoms with van der Waals surface area (Å²) in [5.41, 5.74) is 0.755. The van der Waals surface area contributed by atoms with E-state index in [9.17, 15) is 13.2 Å². The van der Waals surface area contributed by atoms with Gasteiger partial charge in [0, 0.05) is 10.4 Å². The van der Waals surface area contributed by atoms with Crippen molar-refractivity contribution in [1.82, 2.24) is 4.98 Å². The Labute approximate surface area is 151 Å². The Morgan fingerprint density at radius 2 is 1.92 bits per heavy atom. The van der Waals surface area contributed by atoms with Crippen molar-refractivity contribution in [1.29, 1.82) is 0 Å². The first kappa shape index (κ1) is 17.1. The molecule has 1 aromatic carbocycles. The van der Waals surface area contributed by atoms with E-state index < -0.39 is 21.5 Å². The highest BCUT2D eigenvalue weighted by molar-refractivity contribution is 7.92. The predicted molar refractivity (Wildman–Crippen MR) is 97.6 cm³/mol. The third-order valence-electron chi connectivity index (χ3n) is 3.02. The lowest BCUT2D eigenvalue weighted by molar-refractivity contribution is -0.113. The Bertz CT molecular complexity index is 948. The summed E-state index contributed by atoms with van der Waals surface area (Å²) in [4.78, 5) is 17.4. The summed E-state index contributed by atoms with van der Waals surface area (Å²) in [6.07, 6.45) is 0. The van der Waals surface area contributed by atoms with E-state index in [0.29, 0.717) is 10.2 Å². The maximum Gasteiger partial charge on any atom is 0.241 e. The predicted octanol–water partition coefficient (Wildman–Crippen LogP) is 3.94. The van der Waals surface area contributed by atoms with Crippen molar-refractivity contribution in [3.05, 3.63) is 52.2 Å². The van der Waals surface area contributed by atoms with Gasteiger partial charge in [0.1, 0.15) is 5.75 Å². The molecule has 3 aromatic rings. The van der Waals surface area contributed by atoms with Crippen molar-refractivity contribution in [2.75, 3.05) is 11.1 Å². The highest BCUT2D eigenvalue weighted by Crippen LogP contribution is 2.28. The smallest absolute Gasteiger partial charge is 0.241 e. The number of sulfone groups is 1. The van der Waals surface area contributed by atoms with Crippen LogP contribution < -0.4 is 5.32 Å². The minimum Gasteiger partial charge on any atom is -0.301 e. The van der Waals surface area contributed by atoms with Gasteiger partial charge in [-0.3, -0.25) is 4.79 Å². The van der Waals surface area contributed by atoms with Gasteiger partial charge in [-0.1, -0.05) is 17.7 Å². The highest BCUT2D eigenvalue weighted by atomic mass is 35.5. The third-order valence-corrected chi connectivity index (χ3v) is 6.55. The number of anilines is 1. The zero-order valence-corrected chi connectivity index (χ0v) is 15.3. The van der Waals surface area contributed by atoms with Gasteiger partial charge in [-0.2, -0.15) is 0 Å². The van der Waals surface area contributed by atoms with Gasteiger partial charge in [0.15, 0.2) is 15.0 Å². The second kappa shape index (κ2) is 7.02. The number of thiophene rings is 1. The summed E-state index contributed by atoms with van der Waals surface area (Å²) in [7, 11) is -3.72. The molecule has 24 heavy (non-hydrogen) atoms. The lowest BCUT2D eigenvalue weighted by Crippen LogP contribution is -2.22. The molecule has 0 aliphatic heterocycles. The van der Waals surface area contributed by atoms with Crippen LogP contribution in [0, 0.1) is 0 Å². The Morgan fingerprint density at radius 1 is 1.17 bits per heavy atom. The van der Waals surface area contributed by atoms with Gasteiger partial charge in [-0.15, -0.1) is 22.7 Å². The van der Waals surface area contributed by atoms with Crippen LogP contribution in [-0.4, -0.2) is 25.1 Å². The number of hydrogen-bond acceptors (Lipinski definition) is 6. The molecule has 0 aliphatic carbocycles. The summed E-state index contributed by atoms with van der Waals surface area (Å²) < 4.78 is 24.4. The molecule has 124 valence electrons. The SMILES string of the molecule is O=C(CS(=O)(=O)c1ccc(Cl)cc1)Nc1nc(-c2cccs2)cs1. The Hall–Kier alpha value is -1.74. The Kier molecular flexibility index (Phi) is 5.00. The quantitative estimate of drug-likeness (QED) is 0.706. The van der Waals surface area contributed by atoms with Gasteiger partial charge >= 0.3 is 0 Å². The Morgan fingerprint density at radius 3 is 2.58 bits per heavy atom. The van der Waals surface area contributed by atoms with Gasteiger partial charge < -0.3 is 5.32 Å². The van der Waals surface area contributed by atoms with Gasteiger partial charge in [0.05, 0.1) is 15.5 Å². The van der Waals surface area contributed by atoms with E-state index >= 15 is 0 Å². The number of hydrogen-bond donors (Lipinski definition) is 1. The number of nitrogens with one attached hydrogen (secondary N) is 1. The molecule has 1 N–H and O–H groups in total. The number of aromatic nitrogens is 1. The normalized spacial score (nSPS) is 11.4. The lowest BCUT2D eigenvalue weighted by Gasteiger charge is -2.04. The van der Waals surface area contributed by atoms with E-state index in [0.717, 1.165) is 10.6 Å². The molecule has 0 saturated carbocycles. The van der Waals surface area contributed by atoms with Crippen molar-refractivity contribution in [2.45, 2.75) is 4.90 Å². The van der Waals surface area contributed by atoms with Crippen molar-refractivity contribution in [3.8, 4) is 10.6 Å². The molecule has 5 nitrogen and oxygen atoms in total. The van der Waals surface area contributed by atoms with Crippen molar-refractivity contribution >= 4 is 55.2 Å². The van der Waals surface area contributed by atoms with Crippen LogP contribution in [0.4, 0.5) is 5.13 Å². The fourth-order valence-electron chi connectivity index (χ4n) is 1.92. The van der Waals surface area contributed by atoms with E-state index in [-0.39, 0.29) is 4.90 Å². The first-order valence-corrected chi connectivity index (χ1v) is 10.5. The van der Waals surface area contributed by atoms with Crippen LogP contribution in [-0.2, 0) is 14.6 Å². The van der Waals surface area contributed by atoms with Crippen molar-refractivity contribution in [2.24, 2.45) is 0 Å². The summed E-state index contributed by atoms with van der Waals surface area (Å²) in [5.74, 6) is -1.28. The number of amides is 1. The maximum atomic E-state index is 12.2. The van der Waals surface area contributed by atoms with Crippen molar-refractivity contribution in [3.63, 3.8) is 0 Å². The number of halogens is 1. The summed E-state index contributed by atoms with van der Waals surface area (Å²) >= 11 is 8.53. The molecular weight excluding hydrogens is 388 g/mol. The van der Waals surface area contributed by atoms with E-state index in [4.69, 9.17) is 11.6 Å². The molecule has 9 heteroatoms. The van der Waals surface area contributed by atoms with Crippen LogP contribution in [0.1, 0.15) is 0 Å². The molecule has 2 aromatic heterocycles. The minimum atomic E-state index is -3.72. The summed E-state index contributed by atoms with van der Waals surface area (Å²) in [6.45, 7) is 0. The third kappa shape index (κ3) is 4.02. The van der Waals surface area contributed by atoms with Crippen molar-refractivity contribution < 1.29 is 13.2 Å². The molecule has 0 radical (unpaired) electrons. The minimum absolute atomic E-state index is 0.0560. The first-order chi connectivity index (χ1) is 11.4. The molecule has 0 bridgehead atoms. The van der Waals surface area contributed by atoms with Crippen LogP contribution in [0.15, 0.2) is 52.1 Å². The maximum absolute atomic E-state index is 12.2. The molecule has 0 saturated heterocycles. The molecular formula is C15H11ClN2O3S3. The van der Waals surface area contributed by atoms with Gasteiger partial charge in [-0.25, -0.2) is 13.4 Å². The number of benzene rings is 1. The van der Waals surface area contributed by atoms with Gasteiger partial charge in [-0.05, 0) is 35.7 Å². The second-order valence-corrected chi connectivity index (χ2v) is 9.01. The van der Waals surface area contributed by atoms with Gasteiger partial charge in [0.25, 0.3) is 0 Å². The topological polar surface area (TPSA) is 76.1 Å². The van der Waals surface area contributed by atoms with Gasteiger partial charge in [0.2, 0.25) is 5.91 Å². The fourth-order valence-corrected chi connectivity index (χ4v) is 4.67. The summed E-state index contributed by atoms with van der Waals surface area (Å²) in [5, 5.41) is 7.08. The molecule has 1 amide bonds. The molecule has 0 spiro atoms. The summed E-state index contributed by atoms with van der Waals surface area (Å²) in [6, 6.07) is 9.54. The number of nitrogens with zero attached hydrogens (tertiary/aromatic N) is 1. The zero-order valence-electron chi connectivity index (χ0n) is 12.1. The largest absolute Gasteiger partial charge is 0.301 e. The lowest BCUT2D eigenvalue weighted by atomic mass is 10.4. The highest BCUT2D eigenvalue weighted by Gasteiger charge is 2.20. The molecule has 0 unspecified atom stereocenters. The zero-order chi connectivity index (χ0) is 17.2. The van der Waals surface area contributed by atoms with E-state index in [1.807, 2.05) is 22.9 Å². The van der Waals surface area contributed by atoms with E-state index in [1.54, 1.807) is 11.3 Å². The number of rotatable bonds is 5. The van der Waals surface area contributed by atoms with Crippen LogP contribution in [0.3, 0.4) is 0 Å². The fraction of sp³-hybridized carbons (Fsp3) is 0.0667. The van der Waals surface area contributed by atoms with Crippen LogP contribution in [0.5, 0.6) is 0 Å². The average molecular weight is 399 g/mol. The standard InChI is InChI=1S/C15H11ClN2O3S3/c16-10-3-5-11(6-4-10)24(20,21)9-14(19)18-15-17-12(8-23-15)13-2-1-7-22-13/h1-8H,9H2,(H,17,18,19). The monoisotopic (exact) mass is 398 g/mol. The number of carbonyl (C=O) groups excluding carboxylic acids is 1. The molecule has 2 heterocycles. The first-order valence-electron chi connectivity index (χ1n) is 6.72. The molecule has 0 aliphatic rings. The second-order valence-electron chi connectivity index (χ2n) is 4.78. The number of thiazole rings is 1. The van der Waals surface area contributed by atoms with E-state index in [2.05, 4.69) is 10.3 Å². The number of carbonyl (C=O) groups is 1. The van der Waals surface area contributed by atoms with Crippen LogP contribution >= 0.6 is 34.3 Å². The van der Waals surface area contributed by atoms with E-state index in [1.165, 1.54) is 35.6 Å². The van der Waals surface area contributed by atoms with Crippen LogP contribution in [0.2, 0.25) is 5.02 Å². The molecule has 0 atom stereocenters. The Balaban J connectivity index is 1.68. The molecule has 0 fully saturated rings.